The van der Waals surface area contributed by atoms with Gasteiger partial charge in [0.15, 0.2) is 0 Å². The Hall–Kier alpha value is -2.94. The minimum atomic E-state index is -3.97. The highest BCUT2D eigenvalue weighted by molar-refractivity contribution is 7.90. The summed E-state index contributed by atoms with van der Waals surface area (Å²) in [5.74, 6) is -2.78. The lowest BCUT2D eigenvalue weighted by Gasteiger charge is -2.31. The van der Waals surface area contributed by atoms with E-state index in [2.05, 4.69) is 4.72 Å². The zero-order valence-corrected chi connectivity index (χ0v) is 20.8. The summed E-state index contributed by atoms with van der Waals surface area (Å²) in [6, 6.07) is 14.1. The second-order valence-electron chi connectivity index (χ2n) is 8.76. The first-order chi connectivity index (χ1) is 16.0. The Morgan fingerprint density at radius 2 is 1.62 bits per heavy atom. The third-order valence-corrected chi connectivity index (χ3v) is 6.34. The molecule has 0 spiro atoms. The quantitative estimate of drug-likeness (QED) is 0.355. The lowest BCUT2D eigenvalue weighted by Crippen LogP contribution is -2.48. The number of sulfonamides is 1. The van der Waals surface area contributed by atoms with Crippen LogP contribution in [0.3, 0.4) is 0 Å². The van der Waals surface area contributed by atoms with Gasteiger partial charge in [-0.3, -0.25) is 14.3 Å². The van der Waals surface area contributed by atoms with Crippen molar-refractivity contribution in [1.82, 2.24) is 4.72 Å². The molecule has 7 nitrogen and oxygen atoms in total. The SMILES string of the molecule is CC(C)CC(C(=O)NS(=O)(=O)CCCOc1ccccc1)C(=O)N(c1ccc(F)cc1)C(C)C. The summed E-state index contributed by atoms with van der Waals surface area (Å²) >= 11 is 0. The summed E-state index contributed by atoms with van der Waals surface area (Å²) in [5.41, 5.74) is 0.434. The molecule has 0 radical (unpaired) electrons. The normalized spacial score (nSPS) is 12.4. The van der Waals surface area contributed by atoms with Crippen molar-refractivity contribution in [3.05, 3.63) is 60.4 Å². The predicted molar refractivity (Wildman–Crippen MR) is 130 cm³/mol. The number of halogens is 1. The van der Waals surface area contributed by atoms with E-state index in [0.29, 0.717) is 11.4 Å². The van der Waals surface area contributed by atoms with E-state index in [1.165, 1.54) is 29.2 Å². The maximum atomic E-state index is 13.4. The minimum absolute atomic E-state index is 0.0380. The van der Waals surface area contributed by atoms with Crippen molar-refractivity contribution in [2.75, 3.05) is 17.3 Å². The zero-order valence-electron chi connectivity index (χ0n) is 20.0. The van der Waals surface area contributed by atoms with Gasteiger partial charge in [0.2, 0.25) is 21.8 Å². The maximum absolute atomic E-state index is 13.4. The Labute approximate surface area is 201 Å². The Balaban J connectivity index is 2.09. The van der Waals surface area contributed by atoms with Crippen LogP contribution < -0.4 is 14.4 Å². The molecule has 0 saturated carbocycles. The summed E-state index contributed by atoms with van der Waals surface area (Å²) in [6.07, 6.45) is 0.343. The second kappa shape index (κ2) is 12.5. The molecule has 0 bridgehead atoms. The van der Waals surface area contributed by atoms with Crippen molar-refractivity contribution in [3.63, 3.8) is 0 Å². The third kappa shape index (κ3) is 8.44. The number of anilines is 1. The number of benzene rings is 2. The fourth-order valence-corrected chi connectivity index (χ4v) is 4.52. The molecule has 2 amide bonds. The van der Waals surface area contributed by atoms with E-state index in [-0.39, 0.29) is 37.2 Å². The van der Waals surface area contributed by atoms with Crippen molar-refractivity contribution in [3.8, 4) is 5.75 Å². The number of ether oxygens (including phenoxy) is 1. The van der Waals surface area contributed by atoms with E-state index in [0.717, 1.165) is 0 Å². The molecule has 9 heteroatoms. The maximum Gasteiger partial charge on any atom is 0.246 e. The van der Waals surface area contributed by atoms with Gasteiger partial charge < -0.3 is 9.64 Å². The van der Waals surface area contributed by atoms with Gasteiger partial charge in [-0.2, -0.15) is 0 Å². The highest BCUT2D eigenvalue weighted by Crippen LogP contribution is 2.24. The van der Waals surface area contributed by atoms with Gasteiger partial charge in [-0.1, -0.05) is 32.0 Å². The molecule has 0 aromatic heterocycles. The number of nitrogens with zero attached hydrogens (tertiary/aromatic N) is 1. The first kappa shape index (κ1) is 27.3. The summed E-state index contributed by atoms with van der Waals surface area (Å²) < 4.78 is 46.0. The van der Waals surface area contributed by atoms with Crippen LogP contribution in [0.2, 0.25) is 0 Å². The van der Waals surface area contributed by atoms with E-state index in [1.54, 1.807) is 26.0 Å². The lowest BCUT2D eigenvalue weighted by atomic mass is 9.94. The van der Waals surface area contributed by atoms with Crippen LogP contribution in [0.5, 0.6) is 5.75 Å². The molecule has 0 fully saturated rings. The van der Waals surface area contributed by atoms with Crippen molar-refractivity contribution in [2.24, 2.45) is 11.8 Å². The molecule has 2 aromatic carbocycles. The van der Waals surface area contributed by atoms with Crippen LogP contribution in [0.25, 0.3) is 0 Å². The molecule has 0 saturated heterocycles. The number of carbonyl (C=O) groups excluding carboxylic acids is 2. The Morgan fingerprint density at radius 1 is 1.00 bits per heavy atom. The van der Waals surface area contributed by atoms with Crippen molar-refractivity contribution >= 4 is 27.5 Å². The Kier molecular flexibility index (Phi) is 10.0. The fraction of sp³-hybridized carbons (Fsp3) is 0.440. The highest BCUT2D eigenvalue weighted by atomic mass is 32.2. The van der Waals surface area contributed by atoms with Crippen LogP contribution in [0.4, 0.5) is 10.1 Å². The van der Waals surface area contributed by atoms with Gasteiger partial charge >= 0.3 is 0 Å². The number of rotatable bonds is 12. The van der Waals surface area contributed by atoms with Crippen molar-refractivity contribution in [1.29, 1.82) is 0 Å². The molecular formula is C25H33FN2O5S. The molecule has 34 heavy (non-hydrogen) atoms. The Morgan fingerprint density at radius 3 is 2.18 bits per heavy atom. The molecule has 2 aromatic rings. The molecule has 0 aliphatic carbocycles. The van der Waals surface area contributed by atoms with Gasteiger partial charge in [-0.05, 0) is 69.0 Å². The first-order valence-corrected chi connectivity index (χ1v) is 13.0. The van der Waals surface area contributed by atoms with E-state index in [9.17, 15) is 22.4 Å². The van der Waals surface area contributed by atoms with Gasteiger partial charge in [0.25, 0.3) is 0 Å². The number of nitrogens with one attached hydrogen (secondary N) is 1. The molecule has 1 N–H and O–H groups in total. The number of para-hydroxylation sites is 1. The van der Waals surface area contributed by atoms with Crippen LogP contribution in [-0.4, -0.2) is 38.6 Å². The van der Waals surface area contributed by atoms with Gasteiger partial charge in [0.1, 0.15) is 17.5 Å². The zero-order chi connectivity index (χ0) is 25.3. The molecule has 0 aliphatic heterocycles. The van der Waals surface area contributed by atoms with E-state index in [1.807, 2.05) is 32.0 Å². The van der Waals surface area contributed by atoms with Crippen LogP contribution in [0, 0.1) is 17.7 Å². The topological polar surface area (TPSA) is 92.8 Å². The van der Waals surface area contributed by atoms with Crippen LogP contribution in [0.1, 0.15) is 40.5 Å². The fourth-order valence-electron chi connectivity index (χ4n) is 3.47. The molecule has 186 valence electrons. The van der Waals surface area contributed by atoms with Gasteiger partial charge in [0, 0.05) is 11.7 Å². The highest BCUT2D eigenvalue weighted by Gasteiger charge is 2.35. The smallest absolute Gasteiger partial charge is 0.246 e. The monoisotopic (exact) mass is 492 g/mol. The average Bonchev–Trinajstić information content (AvgIpc) is 2.76. The summed E-state index contributed by atoms with van der Waals surface area (Å²) in [4.78, 5) is 27.8. The standard InChI is InChI=1S/C25H33FN2O5S/c1-18(2)17-23(25(30)28(19(3)4)21-13-11-20(26)12-14-21)24(29)27-34(31,32)16-8-15-33-22-9-6-5-7-10-22/h5-7,9-14,18-19,23H,8,15-17H2,1-4H3,(H,27,29). The number of amides is 2. The van der Waals surface area contributed by atoms with E-state index in [4.69, 9.17) is 4.74 Å². The van der Waals surface area contributed by atoms with Crippen LogP contribution in [-0.2, 0) is 19.6 Å². The van der Waals surface area contributed by atoms with Crippen LogP contribution in [0.15, 0.2) is 54.6 Å². The average molecular weight is 493 g/mol. The van der Waals surface area contributed by atoms with Gasteiger partial charge in [0.05, 0.1) is 12.4 Å². The third-order valence-electron chi connectivity index (χ3n) is 5.01. The number of hydrogen-bond acceptors (Lipinski definition) is 5. The van der Waals surface area contributed by atoms with E-state index < -0.39 is 33.6 Å². The molecule has 0 heterocycles. The molecular weight excluding hydrogens is 459 g/mol. The summed E-state index contributed by atoms with van der Waals surface area (Å²) in [5, 5.41) is 0. The van der Waals surface area contributed by atoms with Gasteiger partial charge in [-0.25, -0.2) is 12.8 Å². The second-order valence-corrected chi connectivity index (χ2v) is 10.6. The Bertz CT molecular complexity index is 1040. The molecule has 0 aliphatic rings. The number of carbonyl (C=O) groups is 2. The summed E-state index contributed by atoms with van der Waals surface area (Å²) in [7, 11) is -3.97. The minimum Gasteiger partial charge on any atom is -0.494 e. The molecule has 1 unspecified atom stereocenters. The summed E-state index contributed by atoms with van der Waals surface area (Å²) in [6.45, 7) is 7.41. The van der Waals surface area contributed by atoms with Crippen LogP contribution >= 0.6 is 0 Å². The largest absolute Gasteiger partial charge is 0.494 e. The lowest BCUT2D eigenvalue weighted by molar-refractivity contribution is -0.133. The molecule has 1 atom stereocenters. The number of hydrogen-bond donors (Lipinski definition) is 1. The predicted octanol–water partition coefficient (Wildman–Crippen LogP) is 4.14. The van der Waals surface area contributed by atoms with Gasteiger partial charge in [-0.15, -0.1) is 0 Å². The molecule has 2 rings (SSSR count). The van der Waals surface area contributed by atoms with E-state index >= 15 is 0 Å². The van der Waals surface area contributed by atoms with Crippen molar-refractivity contribution < 1.29 is 27.1 Å². The van der Waals surface area contributed by atoms with Crippen molar-refractivity contribution in [2.45, 2.75) is 46.6 Å². The first-order valence-electron chi connectivity index (χ1n) is 11.3.